The van der Waals surface area contributed by atoms with Crippen LogP contribution in [0.5, 0.6) is 0 Å². The predicted molar refractivity (Wildman–Crippen MR) is 108 cm³/mol. The van der Waals surface area contributed by atoms with Gasteiger partial charge in [-0.15, -0.1) is 0 Å². The molecule has 29 heavy (non-hydrogen) atoms. The summed E-state index contributed by atoms with van der Waals surface area (Å²) in [6, 6.07) is 3.52. The van der Waals surface area contributed by atoms with E-state index in [4.69, 9.17) is 15.2 Å². The van der Waals surface area contributed by atoms with Crippen molar-refractivity contribution in [2.75, 3.05) is 38.6 Å². The van der Waals surface area contributed by atoms with Crippen molar-refractivity contribution in [3.05, 3.63) is 30.0 Å². The van der Waals surface area contributed by atoms with E-state index >= 15 is 0 Å². The van der Waals surface area contributed by atoms with Crippen LogP contribution in [-0.4, -0.2) is 60.8 Å². The fourth-order valence-electron chi connectivity index (χ4n) is 4.35. The van der Waals surface area contributed by atoms with E-state index in [2.05, 4.69) is 10.3 Å². The molecule has 3 fully saturated rings. The third-order valence-corrected chi connectivity index (χ3v) is 6.08. The molecule has 3 aliphatic rings. The molecule has 1 saturated carbocycles. The summed E-state index contributed by atoms with van der Waals surface area (Å²) in [6.07, 6.45) is 7.19. The molecule has 0 aromatic carbocycles. The van der Waals surface area contributed by atoms with Crippen LogP contribution < -0.4 is 11.1 Å². The highest BCUT2D eigenvalue weighted by atomic mass is 16.6. The van der Waals surface area contributed by atoms with Crippen LogP contribution in [0.25, 0.3) is 6.08 Å². The molecule has 2 aliphatic heterocycles. The van der Waals surface area contributed by atoms with E-state index in [9.17, 15) is 9.59 Å². The van der Waals surface area contributed by atoms with Gasteiger partial charge in [0.25, 0.3) is 0 Å². The Kier molecular flexibility index (Phi) is 5.99. The quantitative estimate of drug-likeness (QED) is 0.704. The Hall–Kier alpha value is -2.61. The van der Waals surface area contributed by atoms with Crippen LogP contribution in [0, 0.1) is 17.8 Å². The highest BCUT2D eigenvalue weighted by Crippen LogP contribution is 2.53. The number of hydrogen-bond donors (Lipinski definition) is 2. The maximum Gasteiger partial charge on any atom is 0.410 e. The number of likely N-dealkylation sites (tertiary alicyclic amines) is 1. The number of carbonyl (C=O) groups is 2. The summed E-state index contributed by atoms with van der Waals surface area (Å²) in [7, 11) is 0. The summed E-state index contributed by atoms with van der Waals surface area (Å²) >= 11 is 0. The highest BCUT2D eigenvalue weighted by Gasteiger charge is 2.56. The van der Waals surface area contributed by atoms with Gasteiger partial charge in [-0.25, -0.2) is 9.78 Å². The Morgan fingerprint density at radius 2 is 2.03 bits per heavy atom. The predicted octanol–water partition coefficient (Wildman–Crippen LogP) is 1.68. The first-order valence-corrected chi connectivity index (χ1v) is 10.3. The Morgan fingerprint density at radius 3 is 2.72 bits per heavy atom. The van der Waals surface area contributed by atoms with Gasteiger partial charge in [0.2, 0.25) is 5.91 Å². The van der Waals surface area contributed by atoms with Crippen molar-refractivity contribution in [1.29, 1.82) is 0 Å². The number of nitrogens with one attached hydrogen (secondary N) is 1. The highest BCUT2D eigenvalue weighted by molar-refractivity contribution is 5.91. The van der Waals surface area contributed by atoms with Gasteiger partial charge in [0.15, 0.2) is 0 Å². The third kappa shape index (κ3) is 5.06. The second kappa shape index (κ2) is 8.82. The lowest BCUT2D eigenvalue weighted by Crippen LogP contribution is -2.36. The Morgan fingerprint density at radius 1 is 1.28 bits per heavy atom. The first-order valence-electron chi connectivity index (χ1n) is 10.3. The van der Waals surface area contributed by atoms with E-state index in [1.807, 2.05) is 11.0 Å². The number of piperidine rings is 1. The van der Waals surface area contributed by atoms with Gasteiger partial charge >= 0.3 is 6.09 Å². The van der Waals surface area contributed by atoms with Gasteiger partial charge in [-0.05, 0) is 47.9 Å². The van der Waals surface area contributed by atoms with Gasteiger partial charge in [0.05, 0.1) is 13.2 Å². The van der Waals surface area contributed by atoms with Crippen molar-refractivity contribution in [2.24, 2.45) is 17.8 Å². The molecule has 2 saturated heterocycles. The number of amides is 2. The summed E-state index contributed by atoms with van der Waals surface area (Å²) in [5, 5.41) is 2.93. The standard InChI is InChI=1S/C21H28N4O4/c22-19-3-1-14(11-24-19)2-4-20(26)23-8-5-16-17-12-25(13-18(16)17)21(27)29-15-6-9-28-10-7-15/h1-4,11,15-18H,5-10,12-13H2,(H2,22,24)(H,23,26)/b4-2+/t16-,17-,18+. The van der Waals surface area contributed by atoms with Gasteiger partial charge in [0.1, 0.15) is 11.9 Å². The zero-order valence-corrected chi connectivity index (χ0v) is 16.5. The van der Waals surface area contributed by atoms with E-state index in [0.29, 0.717) is 43.3 Å². The molecule has 0 radical (unpaired) electrons. The van der Waals surface area contributed by atoms with E-state index < -0.39 is 0 Å². The molecule has 4 rings (SSSR count). The minimum atomic E-state index is -0.182. The fourth-order valence-corrected chi connectivity index (χ4v) is 4.35. The number of carbonyl (C=O) groups excluding carboxylic acids is 2. The molecule has 0 spiro atoms. The number of aromatic nitrogens is 1. The van der Waals surface area contributed by atoms with Crippen LogP contribution in [0.1, 0.15) is 24.8 Å². The van der Waals surface area contributed by atoms with E-state index in [-0.39, 0.29) is 18.1 Å². The van der Waals surface area contributed by atoms with Gasteiger partial charge in [-0.2, -0.15) is 0 Å². The van der Waals surface area contributed by atoms with Crippen molar-refractivity contribution < 1.29 is 19.1 Å². The maximum absolute atomic E-state index is 12.3. The van der Waals surface area contributed by atoms with E-state index in [1.165, 1.54) is 6.08 Å². The fraction of sp³-hybridized carbons (Fsp3) is 0.571. The lowest BCUT2D eigenvalue weighted by atomic mass is 10.1. The van der Waals surface area contributed by atoms with Crippen LogP contribution in [0.3, 0.4) is 0 Å². The number of nitrogens with two attached hydrogens (primary N) is 1. The van der Waals surface area contributed by atoms with Gasteiger partial charge in [-0.3, -0.25) is 4.79 Å². The summed E-state index contributed by atoms with van der Waals surface area (Å²) in [5.74, 6) is 2.02. The summed E-state index contributed by atoms with van der Waals surface area (Å²) in [6.45, 7) is 3.53. The van der Waals surface area contributed by atoms with Crippen LogP contribution in [-0.2, 0) is 14.3 Å². The van der Waals surface area contributed by atoms with Crippen molar-refractivity contribution in [3.8, 4) is 0 Å². The largest absolute Gasteiger partial charge is 0.446 e. The van der Waals surface area contributed by atoms with Crippen molar-refractivity contribution in [1.82, 2.24) is 15.2 Å². The van der Waals surface area contributed by atoms with Crippen LogP contribution in [0.2, 0.25) is 0 Å². The smallest absolute Gasteiger partial charge is 0.410 e. The molecule has 1 aromatic rings. The average Bonchev–Trinajstić information content (AvgIpc) is 3.17. The number of fused-ring (bicyclic) bond motifs is 1. The van der Waals surface area contributed by atoms with Gasteiger partial charge in [0, 0.05) is 44.7 Å². The first-order chi connectivity index (χ1) is 14.1. The monoisotopic (exact) mass is 400 g/mol. The Balaban J connectivity index is 1.11. The molecule has 156 valence electrons. The lowest BCUT2D eigenvalue weighted by molar-refractivity contribution is -0.116. The normalized spacial score (nSPS) is 26.3. The molecular weight excluding hydrogens is 372 g/mol. The molecule has 1 aromatic heterocycles. The molecule has 8 heteroatoms. The molecular formula is C21H28N4O4. The van der Waals surface area contributed by atoms with Crippen molar-refractivity contribution in [2.45, 2.75) is 25.4 Å². The number of rotatable bonds is 6. The zero-order valence-electron chi connectivity index (χ0n) is 16.5. The number of pyridine rings is 1. The second-order valence-electron chi connectivity index (χ2n) is 8.02. The van der Waals surface area contributed by atoms with Crippen LogP contribution in [0.15, 0.2) is 24.4 Å². The summed E-state index contributed by atoms with van der Waals surface area (Å²) < 4.78 is 10.9. The second-order valence-corrected chi connectivity index (χ2v) is 8.02. The minimum absolute atomic E-state index is 0.00346. The Labute approximate surface area is 170 Å². The molecule has 3 heterocycles. The van der Waals surface area contributed by atoms with Crippen molar-refractivity contribution in [3.63, 3.8) is 0 Å². The van der Waals surface area contributed by atoms with Gasteiger partial charge < -0.3 is 25.4 Å². The summed E-state index contributed by atoms with van der Waals surface area (Å²) in [4.78, 5) is 30.0. The number of nitrogen functional groups attached to an aromatic ring is 1. The number of anilines is 1. The Bertz CT molecular complexity index is 748. The van der Waals surface area contributed by atoms with Gasteiger partial charge in [-0.1, -0.05) is 0 Å². The molecule has 8 nitrogen and oxygen atoms in total. The van der Waals surface area contributed by atoms with Crippen LogP contribution in [0.4, 0.5) is 10.6 Å². The molecule has 0 bridgehead atoms. The molecule has 2 amide bonds. The summed E-state index contributed by atoms with van der Waals surface area (Å²) in [5.41, 5.74) is 6.37. The van der Waals surface area contributed by atoms with Crippen LogP contribution >= 0.6 is 0 Å². The third-order valence-electron chi connectivity index (χ3n) is 6.08. The molecule has 0 unspecified atom stereocenters. The number of nitrogens with zero attached hydrogens (tertiary/aromatic N) is 2. The van der Waals surface area contributed by atoms with E-state index in [0.717, 1.165) is 37.9 Å². The first kappa shape index (κ1) is 19.7. The molecule has 3 N–H and O–H groups in total. The average molecular weight is 400 g/mol. The maximum atomic E-state index is 12.3. The minimum Gasteiger partial charge on any atom is -0.446 e. The number of ether oxygens (including phenoxy) is 2. The topological polar surface area (TPSA) is 107 Å². The molecule has 3 atom stereocenters. The molecule has 1 aliphatic carbocycles. The zero-order chi connectivity index (χ0) is 20.2. The number of hydrogen-bond acceptors (Lipinski definition) is 6. The lowest BCUT2D eigenvalue weighted by Gasteiger charge is -2.26. The van der Waals surface area contributed by atoms with Crippen molar-refractivity contribution >= 4 is 23.9 Å². The van der Waals surface area contributed by atoms with E-state index in [1.54, 1.807) is 18.3 Å². The SMILES string of the molecule is Nc1ccc(/C=C/C(=O)NCC[C@@H]2[C@H]3CN(C(=O)OC4CCOCC4)C[C@@H]23)cn1.